The van der Waals surface area contributed by atoms with Crippen LogP contribution in [0.2, 0.25) is 0 Å². The van der Waals surface area contributed by atoms with Gasteiger partial charge in [-0.2, -0.15) is 0 Å². The van der Waals surface area contributed by atoms with E-state index in [-0.39, 0.29) is 34.5 Å². The quantitative estimate of drug-likeness (QED) is 0.207. The van der Waals surface area contributed by atoms with E-state index in [9.17, 15) is 39.4 Å². The molecule has 12 heteroatoms. The highest BCUT2D eigenvalue weighted by Gasteiger charge is 2.39. The van der Waals surface area contributed by atoms with E-state index in [1.165, 1.54) is 42.5 Å². The number of non-ortho nitro benzene ring substituents is 1. The molecular formula is C26H19N3O9. The number of amides is 1. The molecule has 3 aromatic carbocycles. The lowest BCUT2D eigenvalue weighted by Gasteiger charge is -2.20. The standard InChI is InChI=1S/C26H19N3O9/c1-2-38-21(30)13-20(14-6-5-7-15(12-14)28(34)35)27-26(33)19-11-10-18-22(23(19)29(36)37)25(32)17-9-4-3-8-16(17)24(18)31/h3-12,20H,2,13H2,1H3,(H,27,33)/t20-/m1/s1. The summed E-state index contributed by atoms with van der Waals surface area (Å²) >= 11 is 0. The third kappa shape index (κ3) is 4.74. The first-order valence-electron chi connectivity index (χ1n) is 11.3. The van der Waals surface area contributed by atoms with Crippen molar-refractivity contribution < 1.29 is 33.8 Å². The van der Waals surface area contributed by atoms with Crippen molar-refractivity contribution in [2.75, 3.05) is 6.61 Å². The van der Waals surface area contributed by atoms with Crippen LogP contribution in [-0.2, 0) is 9.53 Å². The molecule has 0 heterocycles. The smallest absolute Gasteiger partial charge is 0.308 e. The molecule has 0 spiro atoms. The van der Waals surface area contributed by atoms with Crippen molar-refractivity contribution in [2.24, 2.45) is 0 Å². The molecule has 3 aromatic rings. The zero-order valence-corrected chi connectivity index (χ0v) is 19.8. The number of nitro groups is 2. The van der Waals surface area contributed by atoms with Crippen LogP contribution in [0.15, 0.2) is 60.7 Å². The molecule has 0 fully saturated rings. The fourth-order valence-corrected chi connectivity index (χ4v) is 4.27. The highest BCUT2D eigenvalue weighted by Crippen LogP contribution is 2.36. The van der Waals surface area contributed by atoms with Gasteiger partial charge in [0.15, 0.2) is 5.78 Å². The first kappa shape index (κ1) is 25.8. The zero-order valence-electron chi connectivity index (χ0n) is 19.8. The third-order valence-electron chi connectivity index (χ3n) is 5.96. The van der Waals surface area contributed by atoms with Crippen molar-refractivity contribution in [3.8, 4) is 0 Å². The van der Waals surface area contributed by atoms with Gasteiger partial charge in [0.1, 0.15) is 11.1 Å². The Morgan fingerprint density at radius 2 is 1.58 bits per heavy atom. The van der Waals surface area contributed by atoms with E-state index in [0.717, 1.165) is 12.1 Å². The molecule has 1 amide bonds. The topological polar surface area (TPSA) is 176 Å². The van der Waals surface area contributed by atoms with E-state index < -0.39 is 62.6 Å². The fourth-order valence-electron chi connectivity index (χ4n) is 4.27. The second-order valence-electron chi connectivity index (χ2n) is 8.23. The molecule has 0 saturated carbocycles. The molecule has 0 aliphatic heterocycles. The predicted molar refractivity (Wildman–Crippen MR) is 131 cm³/mol. The maximum atomic E-state index is 13.3. The summed E-state index contributed by atoms with van der Waals surface area (Å²) in [7, 11) is 0. The van der Waals surface area contributed by atoms with Gasteiger partial charge in [-0.05, 0) is 24.6 Å². The van der Waals surface area contributed by atoms with Crippen molar-refractivity contribution in [1.82, 2.24) is 5.32 Å². The molecule has 0 bridgehead atoms. The molecular weight excluding hydrogens is 498 g/mol. The number of hydrogen-bond donors (Lipinski definition) is 1. The number of hydrogen-bond acceptors (Lipinski definition) is 9. The van der Waals surface area contributed by atoms with E-state index in [4.69, 9.17) is 4.74 Å². The molecule has 1 atom stereocenters. The van der Waals surface area contributed by atoms with E-state index in [0.29, 0.717) is 0 Å². The average molecular weight is 517 g/mol. The minimum Gasteiger partial charge on any atom is -0.466 e. The number of carbonyl (C=O) groups excluding carboxylic acids is 4. The van der Waals surface area contributed by atoms with Gasteiger partial charge >= 0.3 is 5.97 Å². The van der Waals surface area contributed by atoms with Crippen molar-refractivity contribution >= 4 is 34.8 Å². The fraction of sp³-hybridized carbons (Fsp3) is 0.154. The Hall–Kier alpha value is -5.26. The van der Waals surface area contributed by atoms with E-state index in [2.05, 4.69) is 5.32 Å². The summed E-state index contributed by atoms with van der Waals surface area (Å²) in [4.78, 5) is 73.5. The lowest BCUT2D eigenvalue weighted by Crippen LogP contribution is -2.32. The molecule has 1 aliphatic rings. The van der Waals surface area contributed by atoms with Crippen molar-refractivity contribution in [3.63, 3.8) is 0 Å². The monoisotopic (exact) mass is 517 g/mol. The first-order valence-corrected chi connectivity index (χ1v) is 11.3. The van der Waals surface area contributed by atoms with Crippen LogP contribution in [0.1, 0.15) is 67.2 Å². The number of rotatable bonds is 8. The Bertz CT molecular complexity index is 1530. The van der Waals surface area contributed by atoms with Gasteiger partial charge in [0.2, 0.25) is 5.78 Å². The lowest BCUT2D eigenvalue weighted by atomic mass is 9.82. The number of nitro benzene ring substituents is 2. The first-order chi connectivity index (χ1) is 18.1. The second kappa shape index (κ2) is 10.4. The molecule has 4 rings (SSSR count). The summed E-state index contributed by atoms with van der Waals surface area (Å²) in [5.41, 5.74) is -2.15. The van der Waals surface area contributed by atoms with Crippen LogP contribution in [0, 0.1) is 20.2 Å². The highest BCUT2D eigenvalue weighted by molar-refractivity contribution is 6.30. The molecule has 38 heavy (non-hydrogen) atoms. The third-order valence-corrected chi connectivity index (χ3v) is 5.96. The Balaban J connectivity index is 1.78. The van der Waals surface area contributed by atoms with Gasteiger partial charge in [-0.1, -0.05) is 36.4 Å². The summed E-state index contributed by atoms with van der Waals surface area (Å²) in [6.07, 6.45) is -0.426. The molecule has 1 N–H and O–H groups in total. The zero-order chi connectivity index (χ0) is 27.6. The summed E-state index contributed by atoms with van der Waals surface area (Å²) in [6.45, 7) is 1.62. The number of fused-ring (bicyclic) bond motifs is 2. The minimum absolute atomic E-state index is 0.0255. The number of esters is 1. The molecule has 12 nitrogen and oxygen atoms in total. The van der Waals surface area contributed by atoms with E-state index >= 15 is 0 Å². The number of carbonyl (C=O) groups is 4. The highest BCUT2D eigenvalue weighted by atomic mass is 16.6. The van der Waals surface area contributed by atoms with Crippen LogP contribution in [0.4, 0.5) is 11.4 Å². The predicted octanol–water partition coefficient (Wildman–Crippen LogP) is 3.70. The van der Waals surface area contributed by atoms with Crippen molar-refractivity contribution in [3.05, 3.63) is 114 Å². The normalized spacial score (nSPS) is 12.7. The van der Waals surface area contributed by atoms with E-state index in [1.54, 1.807) is 13.0 Å². The number of ether oxygens (including phenoxy) is 1. The maximum Gasteiger partial charge on any atom is 0.308 e. The number of benzene rings is 3. The molecule has 0 saturated heterocycles. The van der Waals surface area contributed by atoms with E-state index in [1.807, 2.05) is 0 Å². The lowest BCUT2D eigenvalue weighted by molar-refractivity contribution is -0.385. The van der Waals surface area contributed by atoms with Gasteiger partial charge in [0.25, 0.3) is 17.3 Å². The number of ketones is 2. The van der Waals surface area contributed by atoms with Gasteiger partial charge < -0.3 is 10.1 Å². The minimum atomic E-state index is -1.16. The largest absolute Gasteiger partial charge is 0.466 e. The second-order valence-corrected chi connectivity index (χ2v) is 8.23. The summed E-state index contributed by atoms with van der Waals surface area (Å²) < 4.78 is 4.94. The summed E-state index contributed by atoms with van der Waals surface area (Å²) in [6, 6.07) is 12.1. The van der Waals surface area contributed by atoms with Crippen LogP contribution in [0.3, 0.4) is 0 Å². The van der Waals surface area contributed by atoms with Gasteiger partial charge in [-0.15, -0.1) is 0 Å². The van der Waals surface area contributed by atoms with Gasteiger partial charge in [0, 0.05) is 28.8 Å². The Labute approximate surface area is 214 Å². The van der Waals surface area contributed by atoms with Gasteiger partial charge in [-0.3, -0.25) is 39.4 Å². The molecule has 192 valence electrons. The summed E-state index contributed by atoms with van der Waals surface area (Å²) in [5.74, 6) is -3.12. The number of nitrogens with zero attached hydrogens (tertiary/aromatic N) is 2. The Kier molecular flexibility index (Phi) is 7.06. The maximum absolute atomic E-state index is 13.3. The van der Waals surface area contributed by atoms with Crippen molar-refractivity contribution in [1.29, 1.82) is 0 Å². The molecule has 0 aromatic heterocycles. The van der Waals surface area contributed by atoms with Crippen LogP contribution in [0.25, 0.3) is 0 Å². The SMILES string of the molecule is CCOC(=O)C[C@@H](NC(=O)c1ccc2c(c1[N+](=O)[O-])C(=O)c1ccccc1C2=O)c1cccc([N+](=O)[O-])c1. The van der Waals surface area contributed by atoms with Crippen LogP contribution in [0.5, 0.6) is 0 Å². The molecule has 1 aliphatic carbocycles. The van der Waals surface area contributed by atoms with Gasteiger partial charge in [0.05, 0.1) is 28.9 Å². The van der Waals surface area contributed by atoms with Gasteiger partial charge in [-0.25, -0.2) is 0 Å². The molecule has 0 unspecified atom stereocenters. The van der Waals surface area contributed by atoms with Crippen LogP contribution >= 0.6 is 0 Å². The molecule has 0 radical (unpaired) electrons. The number of nitrogens with one attached hydrogen (secondary N) is 1. The van der Waals surface area contributed by atoms with Crippen molar-refractivity contribution in [2.45, 2.75) is 19.4 Å². The average Bonchev–Trinajstić information content (AvgIpc) is 2.90. The Morgan fingerprint density at radius 3 is 2.21 bits per heavy atom. The van der Waals surface area contributed by atoms with Crippen LogP contribution < -0.4 is 5.32 Å². The van der Waals surface area contributed by atoms with Crippen LogP contribution in [-0.4, -0.2) is 39.9 Å². The Morgan fingerprint density at radius 1 is 0.895 bits per heavy atom. The summed E-state index contributed by atoms with van der Waals surface area (Å²) in [5, 5.41) is 25.8.